The number of carbonyl (C=O) groups excluding carboxylic acids is 1. The van der Waals surface area contributed by atoms with Crippen molar-refractivity contribution in [3.63, 3.8) is 0 Å². The average molecular weight is 279 g/mol. The molecule has 0 aliphatic heterocycles. The number of hydrogen-bond donors (Lipinski definition) is 2. The molecule has 3 nitrogen and oxygen atoms in total. The van der Waals surface area contributed by atoms with Gasteiger partial charge in [0.1, 0.15) is 5.82 Å². The molecule has 2 rings (SSSR count). The van der Waals surface area contributed by atoms with Crippen LogP contribution in [-0.2, 0) is 4.79 Å². The Kier molecular flexibility index (Phi) is 4.36. The standard InChI is InChI=1S/C14H12ClFN2O/c15-10-5-1-3-7-12(10)17-9-14(19)18-13-8-4-2-6-11(13)16/h1-8,17H,9H2,(H,18,19). The van der Waals surface area contributed by atoms with Crippen molar-refractivity contribution in [2.75, 3.05) is 17.2 Å². The first kappa shape index (κ1) is 13.4. The van der Waals surface area contributed by atoms with Crippen LogP contribution >= 0.6 is 11.6 Å². The van der Waals surface area contributed by atoms with Crippen LogP contribution in [0.15, 0.2) is 48.5 Å². The number of benzene rings is 2. The summed E-state index contributed by atoms with van der Waals surface area (Å²) in [5.74, 6) is -0.807. The lowest BCUT2D eigenvalue weighted by atomic mass is 10.3. The first-order valence-electron chi connectivity index (χ1n) is 5.69. The number of rotatable bonds is 4. The molecule has 2 aromatic carbocycles. The Morgan fingerprint density at radius 1 is 1.05 bits per heavy atom. The molecular weight excluding hydrogens is 267 g/mol. The van der Waals surface area contributed by atoms with Crippen molar-refractivity contribution in [3.8, 4) is 0 Å². The predicted octanol–water partition coefficient (Wildman–Crippen LogP) is 3.53. The molecule has 0 saturated carbocycles. The normalized spacial score (nSPS) is 10.0. The van der Waals surface area contributed by atoms with E-state index in [1.54, 1.807) is 30.3 Å². The molecule has 0 heterocycles. The van der Waals surface area contributed by atoms with Crippen LogP contribution in [0.3, 0.4) is 0 Å². The molecule has 0 radical (unpaired) electrons. The van der Waals surface area contributed by atoms with Crippen LogP contribution in [0.4, 0.5) is 15.8 Å². The van der Waals surface area contributed by atoms with E-state index in [1.807, 2.05) is 6.07 Å². The monoisotopic (exact) mass is 278 g/mol. The zero-order chi connectivity index (χ0) is 13.7. The van der Waals surface area contributed by atoms with Gasteiger partial charge in [-0.1, -0.05) is 35.9 Å². The lowest BCUT2D eigenvalue weighted by Gasteiger charge is -2.09. The minimum absolute atomic E-state index is 0.0120. The Labute approximate surface area is 115 Å². The van der Waals surface area contributed by atoms with Crippen molar-refractivity contribution in [2.45, 2.75) is 0 Å². The zero-order valence-electron chi connectivity index (χ0n) is 9.99. The summed E-state index contributed by atoms with van der Waals surface area (Å²) in [6, 6.07) is 13.1. The molecule has 0 atom stereocenters. The maximum absolute atomic E-state index is 13.3. The highest BCUT2D eigenvalue weighted by atomic mass is 35.5. The lowest BCUT2D eigenvalue weighted by molar-refractivity contribution is -0.114. The molecule has 0 fully saturated rings. The Hall–Kier alpha value is -2.07. The smallest absolute Gasteiger partial charge is 0.243 e. The van der Waals surface area contributed by atoms with Crippen molar-refractivity contribution in [1.82, 2.24) is 0 Å². The van der Waals surface area contributed by atoms with Gasteiger partial charge in [-0.15, -0.1) is 0 Å². The highest BCUT2D eigenvalue weighted by molar-refractivity contribution is 6.33. The van der Waals surface area contributed by atoms with Gasteiger partial charge < -0.3 is 10.6 Å². The number of amides is 1. The molecular formula is C14H12ClFN2O. The summed E-state index contributed by atoms with van der Waals surface area (Å²) in [5.41, 5.74) is 0.821. The van der Waals surface area contributed by atoms with E-state index < -0.39 is 5.82 Å². The number of carbonyl (C=O) groups is 1. The van der Waals surface area contributed by atoms with Crippen LogP contribution in [0.5, 0.6) is 0 Å². The molecule has 0 bridgehead atoms. The van der Waals surface area contributed by atoms with Crippen LogP contribution in [-0.4, -0.2) is 12.5 Å². The summed E-state index contributed by atoms with van der Waals surface area (Å²) in [5, 5.41) is 5.90. The van der Waals surface area contributed by atoms with E-state index in [0.717, 1.165) is 0 Å². The van der Waals surface area contributed by atoms with Gasteiger partial charge in [-0.3, -0.25) is 4.79 Å². The van der Waals surface area contributed by atoms with Crippen molar-refractivity contribution in [3.05, 3.63) is 59.4 Å². The molecule has 2 N–H and O–H groups in total. The van der Waals surface area contributed by atoms with Crippen LogP contribution in [0, 0.1) is 5.82 Å². The van der Waals surface area contributed by atoms with E-state index in [-0.39, 0.29) is 18.1 Å². The first-order chi connectivity index (χ1) is 9.16. The second-order valence-corrected chi connectivity index (χ2v) is 4.27. The minimum Gasteiger partial charge on any atom is -0.375 e. The summed E-state index contributed by atoms with van der Waals surface area (Å²) in [6.07, 6.45) is 0. The third-order valence-corrected chi connectivity index (χ3v) is 2.79. The fourth-order valence-electron chi connectivity index (χ4n) is 1.54. The number of halogens is 2. The maximum atomic E-state index is 13.3. The Bertz CT molecular complexity index is 589. The number of hydrogen-bond acceptors (Lipinski definition) is 2. The zero-order valence-corrected chi connectivity index (χ0v) is 10.7. The van der Waals surface area contributed by atoms with E-state index in [4.69, 9.17) is 11.6 Å². The Balaban J connectivity index is 1.92. The molecule has 2 aromatic rings. The average Bonchev–Trinajstić information content (AvgIpc) is 2.40. The highest BCUT2D eigenvalue weighted by Gasteiger charge is 2.06. The van der Waals surface area contributed by atoms with Gasteiger partial charge in [-0.25, -0.2) is 4.39 Å². The van der Waals surface area contributed by atoms with Gasteiger partial charge in [0.25, 0.3) is 0 Å². The molecule has 0 aliphatic carbocycles. The number of nitrogens with one attached hydrogen (secondary N) is 2. The molecule has 0 spiro atoms. The minimum atomic E-state index is -0.464. The van der Waals surface area contributed by atoms with E-state index in [1.165, 1.54) is 12.1 Å². The van der Waals surface area contributed by atoms with Crippen molar-refractivity contribution in [2.24, 2.45) is 0 Å². The SMILES string of the molecule is O=C(CNc1ccccc1Cl)Nc1ccccc1F. The quantitative estimate of drug-likeness (QED) is 0.898. The van der Waals surface area contributed by atoms with Gasteiger partial charge >= 0.3 is 0 Å². The van der Waals surface area contributed by atoms with E-state index in [9.17, 15) is 9.18 Å². The molecule has 98 valence electrons. The Morgan fingerprint density at radius 2 is 1.68 bits per heavy atom. The predicted molar refractivity (Wildman–Crippen MR) is 75.0 cm³/mol. The van der Waals surface area contributed by atoms with Gasteiger partial charge in [0.15, 0.2) is 0 Å². The van der Waals surface area contributed by atoms with Gasteiger partial charge in [-0.05, 0) is 24.3 Å². The van der Waals surface area contributed by atoms with Crippen LogP contribution in [0.2, 0.25) is 5.02 Å². The molecule has 5 heteroatoms. The van der Waals surface area contributed by atoms with Gasteiger partial charge in [0.05, 0.1) is 22.9 Å². The van der Waals surface area contributed by atoms with Crippen LogP contribution in [0.25, 0.3) is 0 Å². The third kappa shape index (κ3) is 3.69. The first-order valence-corrected chi connectivity index (χ1v) is 6.07. The summed E-state index contributed by atoms with van der Waals surface area (Å²) in [7, 11) is 0. The molecule has 0 aliphatic rings. The number of para-hydroxylation sites is 2. The van der Waals surface area contributed by atoms with E-state index >= 15 is 0 Å². The lowest BCUT2D eigenvalue weighted by Crippen LogP contribution is -2.22. The Morgan fingerprint density at radius 3 is 2.37 bits per heavy atom. The van der Waals surface area contributed by atoms with Gasteiger partial charge in [0.2, 0.25) is 5.91 Å². The second-order valence-electron chi connectivity index (χ2n) is 3.86. The molecule has 0 unspecified atom stereocenters. The molecule has 19 heavy (non-hydrogen) atoms. The summed E-state index contributed by atoms with van der Waals surface area (Å²) in [6.45, 7) is 0.0120. The van der Waals surface area contributed by atoms with Gasteiger partial charge in [0, 0.05) is 0 Å². The second kappa shape index (κ2) is 6.20. The van der Waals surface area contributed by atoms with Crippen molar-refractivity contribution < 1.29 is 9.18 Å². The van der Waals surface area contributed by atoms with Gasteiger partial charge in [-0.2, -0.15) is 0 Å². The van der Waals surface area contributed by atoms with E-state index in [0.29, 0.717) is 10.7 Å². The third-order valence-electron chi connectivity index (χ3n) is 2.46. The number of anilines is 2. The van der Waals surface area contributed by atoms with Crippen molar-refractivity contribution >= 4 is 28.9 Å². The summed E-state index contributed by atoms with van der Waals surface area (Å²) < 4.78 is 13.3. The summed E-state index contributed by atoms with van der Waals surface area (Å²) >= 11 is 5.94. The maximum Gasteiger partial charge on any atom is 0.243 e. The molecule has 0 saturated heterocycles. The molecule has 1 amide bonds. The van der Waals surface area contributed by atoms with Crippen LogP contribution in [0.1, 0.15) is 0 Å². The van der Waals surface area contributed by atoms with Crippen molar-refractivity contribution in [1.29, 1.82) is 0 Å². The summed E-state index contributed by atoms with van der Waals surface area (Å²) in [4.78, 5) is 11.7. The van der Waals surface area contributed by atoms with Crippen LogP contribution < -0.4 is 10.6 Å². The fraction of sp³-hybridized carbons (Fsp3) is 0.0714. The molecule has 0 aromatic heterocycles. The highest BCUT2D eigenvalue weighted by Crippen LogP contribution is 2.20. The largest absolute Gasteiger partial charge is 0.375 e. The van der Waals surface area contributed by atoms with E-state index in [2.05, 4.69) is 10.6 Å². The fourth-order valence-corrected chi connectivity index (χ4v) is 1.74. The topological polar surface area (TPSA) is 41.1 Å².